The van der Waals surface area contributed by atoms with Gasteiger partial charge in [0, 0.05) is 164 Å². The van der Waals surface area contributed by atoms with E-state index in [0.717, 1.165) is 92.0 Å². The van der Waals surface area contributed by atoms with Crippen molar-refractivity contribution in [3.8, 4) is 33.4 Å². The number of hydrogen-bond acceptors (Lipinski definition) is 19. The molecular formula is C91H95F4LiN14O14. The predicted molar refractivity (Wildman–Crippen MR) is 461 cm³/mol. The van der Waals surface area contributed by atoms with Gasteiger partial charge in [0.2, 0.25) is 0 Å². The molecule has 11 heterocycles. The van der Waals surface area contributed by atoms with Crippen LogP contribution in [-0.4, -0.2) is 166 Å². The number of methoxy groups -OCH3 is 2. The number of para-hydroxylation sites is 3. The van der Waals surface area contributed by atoms with E-state index in [4.69, 9.17) is 24.7 Å². The molecule has 28 nitrogen and oxygen atoms in total. The summed E-state index contributed by atoms with van der Waals surface area (Å²) in [6, 6.07) is 34.2. The van der Waals surface area contributed by atoms with Crippen molar-refractivity contribution in [2.75, 3.05) is 63.5 Å². The number of ether oxygens (including phenoxy) is 4. The van der Waals surface area contributed by atoms with Gasteiger partial charge in [-0.15, -0.1) is 0 Å². The third-order valence-electron chi connectivity index (χ3n) is 22.5. The number of carboxylic acids is 1. The Bertz CT molecular complexity index is 6600. The zero-order valence-electron chi connectivity index (χ0n) is 68.7. The van der Waals surface area contributed by atoms with Crippen molar-refractivity contribution in [1.82, 2.24) is 52.5 Å². The van der Waals surface area contributed by atoms with Gasteiger partial charge >= 0.3 is 36.8 Å². The van der Waals surface area contributed by atoms with E-state index in [0.29, 0.717) is 108 Å². The van der Waals surface area contributed by atoms with Gasteiger partial charge in [-0.25, -0.2) is 42.1 Å². The van der Waals surface area contributed by atoms with Crippen molar-refractivity contribution in [3.63, 3.8) is 0 Å². The summed E-state index contributed by atoms with van der Waals surface area (Å²) in [7, 11) is 7.68. The van der Waals surface area contributed by atoms with Gasteiger partial charge in [-0.1, -0.05) is 69.5 Å². The van der Waals surface area contributed by atoms with Crippen LogP contribution in [0.25, 0.3) is 83.0 Å². The van der Waals surface area contributed by atoms with Crippen LogP contribution in [0.4, 0.5) is 28.9 Å². The Labute approximate surface area is 721 Å². The number of nitrogens with zero attached hydrogens (tertiary/aromatic N) is 11. The molecule has 0 aliphatic carbocycles. The molecule has 2 aliphatic rings. The molecule has 16 rings (SSSR count). The van der Waals surface area contributed by atoms with Crippen molar-refractivity contribution in [1.29, 1.82) is 0 Å². The number of aliphatic carboxylic acids is 1. The van der Waals surface area contributed by atoms with Crippen molar-refractivity contribution >= 4 is 90.7 Å². The monoisotopic (exact) mass is 1690 g/mol. The van der Waals surface area contributed by atoms with Crippen LogP contribution in [0.2, 0.25) is 0 Å². The Morgan fingerprint density at radius 1 is 0.500 bits per heavy atom. The first-order valence-electron chi connectivity index (χ1n) is 38.6. The van der Waals surface area contributed by atoms with Crippen molar-refractivity contribution < 1.29 is 89.9 Å². The number of pyridine rings is 6. The number of carbonyl (C=O) groups is 5. The maximum atomic E-state index is 15.3. The number of fused-ring (bicyclic) bond motifs is 6. The second-order valence-corrected chi connectivity index (χ2v) is 29.7. The Morgan fingerprint density at radius 2 is 0.815 bits per heavy atom. The molecule has 9 aromatic heterocycles. The molecule has 2 saturated heterocycles. The first-order valence-corrected chi connectivity index (χ1v) is 38.6. The molecule has 14 aromatic rings. The van der Waals surface area contributed by atoms with Gasteiger partial charge in [0.1, 0.15) is 69.5 Å². The number of hydrogen-bond donors (Lipinski definition) is 4. The number of esters is 2. The minimum Gasteiger partial charge on any atom is -0.870 e. The summed E-state index contributed by atoms with van der Waals surface area (Å²) >= 11 is 0. The molecule has 0 bridgehead atoms. The van der Waals surface area contributed by atoms with Crippen LogP contribution in [0, 0.1) is 44.0 Å². The van der Waals surface area contributed by atoms with Crippen LogP contribution in [-0.2, 0) is 73.7 Å². The molecule has 2 amide bonds. The molecule has 2 aliphatic heterocycles. The van der Waals surface area contributed by atoms with Gasteiger partial charge < -0.3 is 82.6 Å². The first-order chi connectivity index (χ1) is 57.6. The van der Waals surface area contributed by atoms with Crippen LogP contribution in [0.5, 0.6) is 0 Å². The first kappa shape index (κ1) is 93.2. The summed E-state index contributed by atoms with van der Waals surface area (Å²) in [6.07, 6.45) is 9.86. The average molecular weight is 1690 g/mol. The third kappa shape index (κ3) is 17.8. The number of imidazole rings is 3. The standard InChI is InChI=1S/C34H33F2N5O5.C33H31F2N5O5.C22H22N4O3.2CH4.Li.H2O/c1-19-18-46-14-13-40(19)22-15-25(35)30(26(36)16-22)32(42)38-27(34(44)45-4)17-21-9-10-24(31-37-11-12-41(21)31)29-20(2)23-7-5-6-8-28(23)39(3)33(29)43;1-18-17-45-13-12-39(18)21-14-24(34)29(25(35)15-21)31(41)37-26(33(43)44)16-20-8-9-23(30-36-10-11-40(20)30)28-19(2)22-6-4-5-7-27(22)38(3)32(28)42;1-13-15-6-4-5-7-18(15)25(2)21(27)19(13)16-9-8-14(12-17(23)22(28)29-3)26-11-10-24-20(16)26;;;;/h5-12,15-16,19,27H,13-14,17-18H2,1-4H3,(H,38,42);4-11,14-15,18,26H,12-13,16-17H2,1-3H3,(H,37,41)(H,43,44);4-11,17H,12,23H2,1-3H3;2*1H4;;1H2/q;;;;;+1;/p-1/t19-,27+;18-,26+;17-;;;;/m110..../s1. The van der Waals surface area contributed by atoms with Crippen LogP contribution in [0.15, 0.2) is 185 Å². The number of aryl methyl sites for hydroxylation is 6. The summed E-state index contributed by atoms with van der Waals surface area (Å²) in [4.78, 5) is 120. The molecule has 124 heavy (non-hydrogen) atoms. The summed E-state index contributed by atoms with van der Waals surface area (Å²) in [5, 5.41) is 17.6. The third-order valence-corrected chi connectivity index (χ3v) is 22.5. The smallest absolute Gasteiger partial charge is 0.870 e. The molecule has 0 unspecified atom stereocenters. The fraction of sp³-hybridized carbons (Fsp3) is 0.286. The SMILES string of the molecule is C.C.COC(=O)[C@@H](N)Cc1ccc(-c2c(C)c3ccccc3n(C)c2=O)c2nccn12.COC(=O)[C@H](Cc1ccc(-c2c(C)c3ccccc3n(C)c2=O)c2nccn12)NC(=O)c1c(F)cc(N2CCOC[C@H]2C)cc1F.Cc1c(-c2ccc(C[C@H](NC(=O)c3c(F)cc(N4CCOC[C@H]4C)cc3F)C(=O)O)n3ccnc23)c(=O)n(C)c2ccccc12.[Li+].[OH-]. The predicted octanol–water partition coefficient (Wildman–Crippen LogP) is 8.57. The maximum absolute atomic E-state index is 15.3. The van der Waals surface area contributed by atoms with E-state index in [1.807, 2.05) is 129 Å². The molecular weight excluding hydrogens is 1600 g/mol. The summed E-state index contributed by atoms with van der Waals surface area (Å²) in [5.74, 6) is -9.25. The molecule has 0 radical (unpaired) electrons. The Morgan fingerprint density at radius 3 is 1.14 bits per heavy atom. The summed E-state index contributed by atoms with van der Waals surface area (Å²) < 4.78 is 91.3. The maximum Gasteiger partial charge on any atom is 1.00 e. The average Bonchev–Trinajstić information content (AvgIpc) is 1.29. The zero-order chi connectivity index (χ0) is 85.4. The number of anilines is 2. The van der Waals surface area contributed by atoms with Crippen molar-refractivity contribution in [2.24, 2.45) is 26.9 Å². The summed E-state index contributed by atoms with van der Waals surface area (Å²) in [6.45, 7) is 12.0. The van der Waals surface area contributed by atoms with E-state index in [2.05, 4.69) is 25.6 Å². The molecule has 33 heteroatoms. The van der Waals surface area contributed by atoms with E-state index in [1.165, 1.54) is 13.3 Å². The molecule has 642 valence electrons. The molecule has 5 aromatic carbocycles. The van der Waals surface area contributed by atoms with Crippen LogP contribution in [0.1, 0.15) is 83.2 Å². The fourth-order valence-electron chi connectivity index (χ4n) is 16.2. The molecule has 0 spiro atoms. The second-order valence-electron chi connectivity index (χ2n) is 29.7. The van der Waals surface area contributed by atoms with E-state index >= 15 is 17.6 Å². The van der Waals surface area contributed by atoms with Crippen LogP contribution >= 0.6 is 0 Å². The van der Waals surface area contributed by atoms with Gasteiger partial charge in [-0.05, 0) is 130 Å². The minimum absolute atomic E-state index is 0. The second kappa shape index (κ2) is 39.0. The van der Waals surface area contributed by atoms with E-state index in [1.54, 1.807) is 104 Å². The number of aromatic nitrogens is 9. The van der Waals surface area contributed by atoms with Crippen LogP contribution in [0.3, 0.4) is 0 Å². The largest absolute Gasteiger partial charge is 1.00 e. The number of amides is 2. The molecule has 5 atom stereocenters. The van der Waals surface area contributed by atoms with Crippen LogP contribution < -0.4 is 61.7 Å². The summed E-state index contributed by atoms with van der Waals surface area (Å²) in [5.41, 5.74) is 16.1. The van der Waals surface area contributed by atoms with Crippen molar-refractivity contribution in [2.45, 2.75) is 98.9 Å². The van der Waals surface area contributed by atoms with E-state index < -0.39 is 82.2 Å². The number of nitrogens with two attached hydrogens (primary N) is 1. The van der Waals surface area contributed by atoms with Gasteiger partial charge in [-0.2, -0.15) is 0 Å². The Balaban J connectivity index is 0.000000196. The molecule has 0 saturated carbocycles. The van der Waals surface area contributed by atoms with Crippen molar-refractivity contribution in [3.05, 3.63) is 270 Å². The number of rotatable bonds is 18. The Kier molecular flexibility index (Phi) is 29.3. The zero-order valence-corrected chi connectivity index (χ0v) is 68.7. The quantitative estimate of drug-likeness (QED) is 0.0355. The Hall–Kier alpha value is -13.1. The molecule has 2 fully saturated rings. The molecule has 6 N–H and O–H groups in total. The van der Waals surface area contributed by atoms with Gasteiger partial charge in [0.25, 0.3) is 28.5 Å². The number of nitrogens with one attached hydrogen (secondary N) is 2. The number of halogens is 4. The normalized spacial score (nSPS) is 14.5. The minimum atomic E-state index is -1.53. The number of carboxylic acid groups (broad SMARTS) is 1. The number of morpholine rings is 2. The van der Waals surface area contributed by atoms with Gasteiger partial charge in [-0.3, -0.25) is 28.8 Å². The number of carbonyl (C=O) groups excluding carboxylic acids is 4. The van der Waals surface area contributed by atoms with E-state index in [-0.39, 0.29) is 86.5 Å². The van der Waals surface area contributed by atoms with Gasteiger partial charge in [0.05, 0.1) is 73.9 Å². The number of benzene rings is 5. The fourth-order valence-corrected chi connectivity index (χ4v) is 16.2. The topological polar surface area (TPSA) is 347 Å². The van der Waals surface area contributed by atoms with E-state index in [9.17, 15) is 43.5 Å². The van der Waals surface area contributed by atoms with Gasteiger partial charge in [0.15, 0.2) is 0 Å².